The third-order valence-corrected chi connectivity index (χ3v) is 2.53. The standard InChI is InChI=1S/C9H8N2O2S/c1-4-3-5-6(7(14)10-4)9(13)11(2)8(5)12/h3H,1-2H3,(H,10,14). The van der Waals surface area contributed by atoms with Gasteiger partial charge in [-0.05, 0) is 13.0 Å². The maximum absolute atomic E-state index is 11.6. The number of rotatable bonds is 0. The second kappa shape index (κ2) is 2.75. The summed E-state index contributed by atoms with van der Waals surface area (Å²) in [7, 11) is 1.45. The van der Waals surface area contributed by atoms with E-state index in [9.17, 15) is 9.59 Å². The molecule has 0 fully saturated rings. The Bertz CT molecular complexity index is 504. The monoisotopic (exact) mass is 208 g/mol. The highest BCUT2D eigenvalue weighted by molar-refractivity contribution is 7.71. The van der Waals surface area contributed by atoms with Crippen molar-refractivity contribution in [1.29, 1.82) is 0 Å². The van der Waals surface area contributed by atoms with Crippen LogP contribution in [-0.2, 0) is 0 Å². The molecule has 0 bridgehead atoms. The van der Waals surface area contributed by atoms with Gasteiger partial charge in [-0.25, -0.2) is 0 Å². The Morgan fingerprint density at radius 1 is 1.36 bits per heavy atom. The molecule has 0 unspecified atom stereocenters. The number of aryl methyl sites for hydroxylation is 1. The van der Waals surface area contributed by atoms with E-state index in [4.69, 9.17) is 12.2 Å². The van der Waals surface area contributed by atoms with Crippen LogP contribution in [0.4, 0.5) is 0 Å². The first-order valence-corrected chi connectivity index (χ1v) is 4.49. The minimum atomic E-state index is -0.328. The van der Waals surface area contributed by atoms with Gasteiger partial charge in [-0.15, -0.1) is 0 Å². The van der Waals surface area contributed by atoms with Crippen molar-refractivity contribution in [3.05, 3.63) is 27.5 Å². The second-order valence-electron chi connectivity index (χ2n) is 3.24. The highest BCUT2D eigenvalue weighted by atomic mass is 32.1. The highest BCUT2D eigenvalue weighted by Gasteiger charge is 2.34. The number of carbonyl (C=O) groups excluding carboxylic acids is 2. The first-order chi connectivity index (χ1) is 6.52. The highest BCUT2D eigenvalue weighted by Crippen LogP contribution is 2.22. The van der Waals surface area contributed by atoms with Crippen LogP contribution in [-0.4, -0.2) is 28.7 Å². The molecule has 0 aliphatic carbocycles. The first-order valence-electron chi connectivity index (χ1n) is 4.08. The summed E-state index contributed by atoms with van der Waals surface area (Å²) in [6.45, 7) is 1.80. The van der Waals surface area contributed by atoms with Gasteiger partial charge in [-0.1, -0.05) is 12.2 Å². The molecule has 1 aromatic heterocycles. The van der Waals surface area contributed by atoms with E-state index in [0.717, 1.165) is 10.6 Å². The number of aromatic nitrogens is 1. The Morgan fingerprint density at radius 2 is 2.00 bits per heavy atom. The molecular weight excluding hydrogens is 200 g/mol. The van der Waals surface area contributed by atoms with Crippen molar-refractivity contribution >= 4 is 24.0 Å². The Morgan fingerprint density at radius 3 is 2.64 bits per heavy atom. The number of aromatic amines is 1. The van der Waals surface area contributed by atoms with Gasteiger partial charge in [-0.2, -0.15) is 0 Å². The van der Waals surface area contributed by atoms with Gasteiger partial charge in [0.05, 0.1) is 11.1 Å². The van der Waals surface area contributed by atoms with Gasteiger partial charge >= 0.3 is 0 Å². The van der Waals surface area contributed by atoms with Gasteiger partial charge in [0.2, 0.25) is 0 Å². The van der Waals surface area contributed by atoms with E-state index < -0.39 is 0 Å². The Labute approximate surface area is 85.5 Å². The Kier molecular flexibility index (Phi) is 1.78. The number of imide groups is 1. The molecular formula is C9H8N2O2S. The van der Waals surface area contributed by atoms with Crippen LogP contribution in [0.3, 0.4) is 0 Å². The number of hydrogen-bond donors (Lipinski definition) is 1. The normalized spacial score (nSPS) is 14.9. The second-order valence-corrected chi connectivity index (χ2v) is 3.65. The smallest absolute Gasteiger partial charge is 0.264 e. The molecule has 1 aliphatic rings. The van der Waals surface area contributed by atoms with Crippen molar-refractivity contribution in [2.75, 3.05) is 7.05 Å². The number of pyridine rings is 1. The van der Waals surface area contributed by atoms with Gasteiger partial charge in [0.15, 0.2) is 0 Å². The maximum Gasteiger partial charge on any atom is 0.264 e. The largest absolute Gasteiger partial charge is 0.350 e. The summed E-state index contributed by atoms with van der Waals surface area (Å²) in [5, 5.41) is 0. The third kappa shape index (κ3) is 1.02. The lowest BCUT2D eigenvalue weighted by atomic mass is 10.1. The molecule has 0 saturated heterocycles. The maximum atomic E-state index is 11.6. The van der Waals surface area contributed by atoms with Crippen molar-refractivity contribution < 1.29 is 9.59 Å². The van der Waals surface area contributed by atoms with E-state index in [2.05, 4.69) is 4.98 Å². The van der Waals surface area contributed by atoms with Crippen molar-refractivity contribution in [2.24, 2.45) is 0 Å². The molecule has 0 aromatic carbocycles. The fourth-order valence-corrected chi connectivity index (χ4v) is 1.87. The molecule has 0 saturated carbocycles. The predicted octanol–water partition coefficient (Wildman–Crippen LogP) is 1.28. The zero-order valence-corrected chi connectivity index (χ0v) is 8.57. The number of hydrogen-bond acceptors (Lipinski definition) is 3. The van der Waals surface area contributed by atoms with Crippen molar-refractivity contribution in [2.45, 2.75) is 6.92 Å². The van der Waals surface area contributed by atoms with Gasteiger partial charge in [-0.3, -0.25) is 14.5 Å². The van der Waals surface area contributed by atoms with E-state index in [1.54, 1.807) is 13.0 Å². The average molecular weight is 208 g/mol. The Balaban J connectivity index is 2.82. The molecule has 72 valence electrons. The fraction of sp³-hybridized carbons (Fsp3) is 0.222. The summed E-state index contributed by atoms with van der Waals surface area (Å²) in [5.74, 6) is -0.612. The van der Waals surface area contributed by atoms with E-state index in [1.165, 1.54) is 7.05 Å². The van der Waals surface area contributed by atoms with Gasteiger partial charge in [0.1, 0.15) is 4.64 Å². The van der Waals surface area contributed by atoms with Crippen LogP contribution in [0, 0.1) is 11.6 Å². The number of carbonyl (C=O) groups is 2. The van der Waals surface area contributed by atoms with Crippen LogP contribution in [0.5, 0.6) is 0 Å². The molecule has 0 spiro atoms. The Hall–Kier alpha value is -1.49. The quantitative estimate of drug-likeness (QED) is 0.516. The van der Waals surface area contributed by atoms with E-state index in [1.807, 2.05) is 0 Å². The fourth-order valence-electron chi connectivity index (χ4n) is 1.51. The summed E-state index contributed by atoms with van der Waals surface area (Å²) < 4.78 is 0.336. The summed E-state index contributed by atoms with van der Waals surface area (Å²) in [6, 6.07) is 1.65. The number of nitrogens with one attached hydrogen (secondary N) is 1. The number of amides is 2. The lowest BCUT2D eigenvalue weighted by Gasteiger charge is -2.02. The summed E-state index contributed by atoms with van der Waals surface area (Å²) in [5.41, 5.74) is 1.50. The van der Waals surface area contributed by atoms with Gasteiger partial charge in [0, 0.05) is 12.7 Å². The molecule has 5 heteroatoms. The molecule has 2 amide bonds. The molecule has 1 N–H and O–H groups in total. The molecule has 14 heavy (non-hydrogen) atoms. The first kappa shape index (κ1) is 9.08. The van der Waals surface area contributed by atoms with Crippen molar-refractivity contribution in [3.63, 3.8) is 0 Å². The van der Waals surface area contributed by atoms with Crippen molar-refractivity contribution in [1.82, 2.24) is 9.88 Å². The van der Waals surface area contributed by atoms with Gasteiger partial charge in [0.25, 0.3) is 11.8 Å². The zero-order chi connectivity index (χ0) is 10.5. The SMILES string of the molecule is Cc1cc2c(c(=S)[nH]1)C(=O)N(C)C2=O. The molecule has 2 heterocycles. The summed E-state index contributed by atoms with van der Waals surface area (Å²) >= 11 is 4.99. The average Bonchev–Trinajstić information content (AvgIpc) is 2.31. The molecule has 1 aromatic rings. The van der Waals surface area contributed by atoms with E-state index >= 15 is 0 Å². The predicted molar refractivity (Wildman–Crippen MR) is 52.8 cm³/mol. The van der Waals surface area contributed by atoms with E-state index in [-0.39, 0.29) is 11.8 Å². The zero-order valence-electron chi connectivity index (χ0n) is 7.75. The lowest BCUT2D eigenvalue weighted by molar-refractivity contribution is 0.0693. The lowest BCUT2D eigenvalue weighted by Crippen LogP contribution is -2.24. The molecule has 1 aliphatic heterocycles. The van der Waals surface area contributed by atoms with Crippen LogP contribution in [0.15, 0.2) is 6.07 Å². The summed E-state index contributed by atoms with van der Waals surface area (Å²) in [6.07, 6.45) is 0. The minimum absolute atomic E-state index is 0.284. The molecule has 0 radical (unpaired) electrons. The van der Waals surface area contributed by atoms with Gasteiger partial charge < -0.3 is 4.98 Å². The number of H-pyrrole nitrogens is 1. The number of nitrogens with zero attached hydrogens (tertiary/aromatic N) is 1. The number of fused-ring (bicyclic) bond motifs is 1. The summed E-state index contributed by atoms with van der Waals surface area (Å²) in [4.78, 5) is 27.0. The van der Waals surface area contributed by atoms with Crippen LogP contribution < -0.4 is 0 Å². The van der Waals surface area contributed by atoms with Crippen LogP contribution in [0.2, 0.25) is 0 Å². The van der Waals surface area contributed by atoms with Crippen LogP contribution >= 0.6 is 12.2 Å². The third-order valence-electron chi connectivity index (χ3n) is 2.22. The molecule has 2 rings (SSSR count). The topological polar surface area (TPSA) is 53.2 Å². The van der Waals surface area contributed by atoms with Crippen molar-refractivity contribution in [3.8, 4) is 0 Å². The van der Waals surface area contributed by atoms with Crippen LogP contribution in [0.25, 0.3) is 0 Å². The van der Waals surface area contributed by atoms with E-state index in [0.29, 0.717) is 15.8 Å². The molecule has 4 nitrogen and oxygen atoms in total. The molecule has 0 atom stereocenters. The minimum Gasteiger partial charge on any atom is -0.350 e. The van der Waals surface area contributed by atoms with Crippen LogP contribution in [0.1, 0.15) is 26.4 Å².